The molecule has 0 aliphatic rings. The second-order valence-corrected chi connectivity index (χ2v) is 1.19. The summed E-state index contributed by atoms with van der Waals surface area (Å²) in [6.45, 7) is 2.48. The Labute approximate surface area is 54.6 Å². The summed E-state index contributed by atoms with van der Waals surface area (Å²) < 4.78 is 4.49. The van der Waals surface area contributed by atoms with Gasteiger partial charge in [0.2, 0.25) is 0 Å². The molecule has 0 heterocycles. The molecule has 3 nitrogen and oxygen atoms in total. The van der Waals surface area contributed by atoms with Crippen molar-refractivity contribution in [3.63, 3.8) is 0 Å². The van der Waals surface area contributed by atoms with Crippen molar-refractivity contribution < 1.29 is 27.7 Å². The number of carbonyl (C=O) groups excluding carboxylic acids is 1. The number of halogens is 1. The molecule has 4 heteroatoms. The largest absolute Gasteiger partial charge is 1.00 e. The van der Waals surface area contributed by atoms with Crippen molar-refractivity contribution in [3.05, 3.63) is 0 Å². The molecule has 0 radical (unpaired) electrons. The van der Waals surface area contributed by atoms with Crippen molar-refractivity contribution in [1.29, 1.82) is 0 Å². The Morgan fingerprint density at radius 2 is 2.25 bits per heavy atom. The zero-order valence-electron chi connectivity index (χ0n) is 4.82. The highest BCUT2D eigenvalue weighted by molar-refractivity contribution is 5.65. The summed E-state index contributed by atoms with van der Waals surface area (Å²) in [5, 5.41) is 0. The SMILES string of the molecule is CC(=O)OCC[NH3+].[Cl-]. The first-order chi connectivity index (χ1) is 3.27. The highest BCUT2D eigenvalue weighted by Gasteiger charge is 1.87. The Hall–Kier alpha value is -0.280. The minimum atomic E-state index is -0.233. The van der Waals surface area contributed by atoms with E-state index in [1.807, 2.05) is 0 Å². The van der Waals surface area contributed by atoms with Gasteiger partial charge in [0.1, 0.15) is 13.2 Å². The maximum atomic E-state index is 9.95. The van der Waals surface area contributed by atoms with Gasteiger partial charge in [0.25, 0.3) is 0 Å². The molecule has 0 spiro atoms. The lowest BCUT2D eigenvalue weighted by Gasteiger charge is -1.92. The summed E-state index contributed by atoms with van der Waals surface area (Å²) in [6, 6.07) is 0. The molecule has 0 saturated carbocycles. The van der Waals surface area contributed by atoms with Gasteiger partial charge < -0.3 is 22.9 Å². The number of esters is 1. The molecule has 0 aromatic rings. The van der Waals surface area contributed by atoms with E-state index in [-0.39, 0.29) is 18.4 Å². The highest BCUT2D eigenvalue weighted by Crippen LogP contribution is 1.69. The Bertz CT molecular complexity index is 67.1. The van der Waals surface area contributed by atoms with Gasteiger partial charge in [0.15, 0.2) is 0 Å². The van der Waals surface area contributed by atoms with Gasteiger partial charge in [-0.3, -0.25) is 4.79 Å². The van der Waals surface area contributed by atoms with Crippen LogP contribution < -0.4 is 18.1 Å². The average Bonchev–Trinajstić information content (AvgIpc) is 1.61. The van der Waals surface area contributed by atoms with Gasteiger partial charge in [0, 0.05) is 6.92 Å². The van der Waals surface area contributed by atoms with Crippen LogP contribution in [0.2, 0.25) is 0 Å². The first-order valence-electron chi connectivity index (χ1n) is 2.20. The Kier molecular flexibility index (Phi) is 8.95. The minimum absolute atomic E-state index is 0. The van der Waals surface area contributed by atoms with E-state index >= 15 is 0 Å². The third-order valence-electron chi connectivity index (χ3n) is 0.450. The van der Waals surface area contributed by atoms with E-state index in [2.05, 4.69) is 10.5 Å². The van der Waals surface area contributed by atoms with Crippen molar-refractivity contribution in [2.24, 2.45) is 0 Å². The molecule has 3 N–H and O–H groups in total. The number of quaternary nitrogens is 1. The van der Waals surface area contributed by atoms with Crippen LogP contribution >= 0.6 is 0 Å². The number of hydrogen-bond acceptors (Lipinski definition) is 2. The molecule has 8 heavy (non-hydrogen) atoms. The third kappa shape index (κ3) is 9.21. The van der Waals surface area contributed by atoms with Gasteiger partial charge in [-0.1, -0.05) is 0 Å². The molecule has 0 amide bonds. The number of hydrogen-bond donors (Lipinski definition) is 1. The molecule has 0 rings (SSSR count). The third-order valence-corrected chi connectivity index (χ3v) is 0.450. The molecule has 0 aliphatic carbocycles. The maximum absolute atomic E-state index is 9.95. The summed E-state index contributed by atoms with van der Waals surface area (Å²) in [5.74, 6) is -0.233. The van der Waals surface area contributed by atoms with Crippen molar-refractivity contribution in [2.45, 2.75) is 6.92 Å². The zero-order valence-corrected chi connectivity index (χ0v) is 5.57. The summed E-state index contributed by atoms with van der Waals surface area (Å²) in [4.78, 5) is 9.95. The Balaban J connectivity index is 0. The molecule has 0 saturated heterocycles. The van der Waals surface area contributed by atoms with Crippen molar-refractivity contribution in [2.75, 3.05) is 13.2 Å². The summed E-state index contributed by atoms with van der Waals surface area (Å²) in [7, 11) is 0. The number of rotatable bonds is 2. The fraction of sp³-hybridized carbons (Fsp3) is 0.750. The van der Waals surface area contributed by atoms with Crippen LogP contribution in [-0.2, 0) is 9.53 Å². The van der Waals surface area contributed by atoms with Crippen LogP contribution in [-0.4, -0.2) is 19.1 Å². The highest BCUT2D eigenvalue weighted by atomic mass is 35.5. The number of ether oxygens (including phenoxy) is 1. The lowest BCUT2D eigenvalue weighted by atomic mass is 10.7. The molecular formula is C4H10ClNO2. The topological polar surface area (TPSA) is 53.9 Å². The van der Waals surface area contributed by atoms with Crippen molar-refractivity contribution >= 4 is 5.97 Å². The standard InChI is InChI=1S/C4H9NO2.ClH/c1-4(6)7-3-2-5;/h2-3,5H2,1H3;1H. The van der Waals surface area contributed by atoms with E-state index in [1.54, 1.807) is 0 Å². The molecule has 0 fully saturated rings. The van der Waals surface area contributed by atoms with Gasteiger partial charge in [-0.2, -0.15) is 0 Å². The predicted molar refractivity (Wildman–Crippen MR) is 24.4 cm³/mol. The van der Waals surface area contributed by atoms with Gasteiger partial charge >= 0.3 is 5.97 Å². The van der Waals surface area contributed by atoms with Gasteiger partial charge in [0.05, 0.1) is 0 Å². The minimum Gasteiger partial charge on any atom is -1.00 e. The molecule has 50 valence electrons. The quantitative estimate of drug-likeness (QED) is 0.395. The summed E-state index contributed by atoms with van der Waals surface area (Å²) in [6.07, 6.45) is 0. The fourth-order valence-corrected chi connectivity index (χ4v) is 0.216. The summed E-state index contributed by atoms with van der Waals surface area (Å²) >= 11 is 0. The lowest BCUT2D eigenvalue weighted by molar-refractivity contribution is -0.372. The fourth-order valence-electron chi connectivity index (χ4n) is 0.216. The van der Waals surface area contributed by atoms with Crippen LogP contribution in [0.3, 0.4) is 0 Å². The van der Waals surface area contributed by atoms with Crippen molar-refractivity contribution in [3.8, 4) is 0 Å². The first kappa shape index (κ1) is 10.7. The van der Waals surface area contributed by atoms with E-state index in [0.29, 0.717) is 13.2 Å². The van der Waals surface area contributed by atoms with Crippen LogP contribution in [0.1, 0.15) is 6.92 Å². The van der Waals surface area contributed by atoms with Gasteiger partial charge in [-0.05, 0) is 0 Å². The van der Waals surface area contributed by atoms with E-state index in [0.717, 1.165) is 0 Å². The molecule has 0 aliphatic heterocycles. The first-order valence-corrected chi connectivity index (χ1v) is 2.20. The van der Waals surface area contributed by atoms with Gasteiger partial charge in [-0.25, -0.2) is 0 Å². The van der Waals surface area contributed by atoms with E-state index in [1.165, 1.54) is 6.92 Å². The molecule has 0 aromatic carbocycles. The van der Waals surface area contributed by atoms with Gasteiger partial charge in [-0.15, -0.1) is 0 Å². The van der Waals surface area contributed by atoms with Crippen LogP contribution in [0.4, 0.5) is 0 Å². The second kappa shape index (κ2) is 6.72. The second-order valence-electron chi connectivity index (χ2n) is 1.19. The predicted octanol–water partition coefficient (Wildman–Crippen LogP) is -4.20. The van der Waals surface area contributed by atoms with Crippen LogP contribution in [0, 0.1) is 0 Å². The zero-order chi connectivity index (χ0) is 5.70. The molecular weight excluding hydrogens is 130 g/mol. The Morgan fingerprint density at radius 1 is 1.75 bits per heavy atom. The molecule has 0 aromatic heterocycles. The van der Waals surface area contributed by atoms with Crippen LogP contribution in [0.15, 0.2) is 0 Å². The maximum Gasteiger partial charge on any atom is 0.302 e. The average molecular weight is 140 g/mol. The van der Waals surface area contributed by atoms with E-state index < -0.39 is 0 Å². The summed E-state index contributed by atoms with van der Waals surface area (Å²) in [5.41, 5.74) is 3.48. The smallest absolute Gasteiger partial charge is 0.302 e. The molecule has 0 bridgehead atoms. The normalized spacial score (nSPS) is 7.25. The van der Waals surface area contributed by atoms with E-state index in [4.69, 9.17) is 0 Å². The Morgan fingerprint density at radius 3 is 2.38 bits per heavy atom. The molecule has 0 unspecified atom stereocenters. The van der Waals surface area contributed by atoms with Crippen LogP contribution in [0.25, 0.3) is 0 Å². The lowest BCUT2D eigenvalue weighted by Crippen LogP contribution is -3.00. The number of carbonyl (C=O) groups is 1. The van der Waals surface area contributed by atoms with E-state index in [9.17, 15) is 4.79 Å². The van der Waals surface area contributed by atoms with Crippen LogP contribution in [0.5, 0.6) is 0 Å². The monoisotopic (exact) mass is 139 g/mol. The van der Waals surface area contributed by atoms with Crippen molar-refractivity contribution in [1.82, 2.24) is 0 Å². The molecule has 0 atom stereocenters.